The van der Waals surface area contributed by atoms with E-state index in [1.807, 2.05) is 0 Å². The highest BCUT2D eigenvalue weighted by Gasteiger charge is 2.23. The summed E-state index contributed by atoms with van der Waals surface area (Å²) in [7, 11) is 1.57. The maximum atomic E-state index is 12.0. The van der Waals surface area contributed by atoms with Crippen molar-refractivity contribution in [3.8, 4) is 5.75 Å². The van der Waals surface area contributed by atoms with Gasteiger partial charge in [-0.05, 0) is 45.4 Å². The predicted octanol–water partition coefficient (Wildman–Crippen LogP) is 3.21. The van der Waals surface area contributed by atoms with Gasteiger partial charge in [-0.2, -0.15) is 0 Å². The summed E-state index contributed by atoms with van der Waals surface area (Å²) in [5, 5.41) is 2.71. The molecule has 23 heavy (non-hydrogen) atoms. The van der Waals surface area contributed by atoms with E-state index in [1.165, 1.54) is 0 Å². The largest absolute Gasteiger partial charge is 0.497 e. The van der Waals surface area contributed by atoms with Crippen molar-refractivity contribution in [2.75, 3.05) is 13.7 Å². The quantitative estimate of drug-likeness (QED) is 0.814. The zero-order chi connectivity index (χ0) is 17.5. The Bertz CT molecular complexity index is 519. The summed E-state index contributed by atoms with van der Waals surface area (Å²) in [5.74, 6) is 0.310. The second kappa shape index (κ2) is 8.41. The molecule has 0 saturated carbocycles. The van der Waals surface area contributed by atoms with Crippen molar-refractivity contribution >= 4 is 12.1 Å². The van der Waals surface area contributed by atoms with E-state index in [9.17, 15) is 9.59 Å². The summed E-state index contributed by atoms with van der Waals surface area (Å²) in [6.07, 6.45) is -0.554. The first kappa shape index (κ1) is 18.8. The average molecular weight is 323 g/mol. The Hall–Kier alpha value is -2.24. The molecule has 6 nitrogen and oxygen atoms in total. The van der Waals surface area contributed by atoms with Crippen LogP contribution < -0.4 is 10.1 Å². The minimum Gasteiger partial charge on any atom is -0.497 e. The van der Waals surface area contributed by atoms with Gasteiger partial charge in [0.1, 0.15) is 11.4 Å². The summed E-state index contributed by atoms with van der Waals surface area (Å²) in [4.78, 5) is 23.8. The van der Waals surface area contributed by atoms with Crippen LogP contribution in [0.25, 0.3) is 0 Å². The zero-order valence-electron chi connectivity index (χ0n) is 14.3. The van der Waals surface area contributed by atoms with Crippen LogP contribution in [0, 0.1) is 0 Å². The number of amides is 1. The van der Waals surface area contributed by atoms with Crippen LogP contribution in [0.5, 0.6) is 5.75 Å². The van der Waals surface area contributed by atoms with Crippen LogP contribution in [-0.4, -0.2) is 31.4 Å². The molecule has 1 aromatic rings. The number of hydrogen-bond donors (Lipinski definition) is 1. The number of carbonyl (C=O) groups is 2. The molecule has 1 rings (SSSR count). The third-order valence-electron chi connectivity index (χ3n) is 2.89. The van der Waals surface area contributed by atoms with Gasteiger partial charge in [0.15, 0.2) is 0 Å². The molecule has 0 saturated heterocycles. The van der Waals surface area contributed by atoms with Crippen LogP contribution in [0.15, 0.2) is 24.3 Å². The maximum Gasteiger partial charge on any atom is 0.408 e. The number of nitrogens with one attached hydrogen (secondary N) is 1. The van der Waals surface area contributed by atoms with Gasteiger partial charge in [-0.1, -0.05) is 12.1 Å². The molecule has 0 bridgehead atoms. The highest BCUT2D eigenvalue weighted by molar-refractivity contribution is 5.73. The summed E-state index contributed by atoms with van der Waals surface area (Å²) in [5.41, 5.74) is 0.156. The normalized spacial score (nSPS) is 12.2. The fourth-order valence-corrected chi connectivity index (χ4v) is 1.92. The van der Waals surface area contributed by atoms with Crippen LogP contribution in [0.3, 0.4) is 0 Å². The number of ether oxygens (including phenoxy) is 3. The highest BCUT2D eigenvalue weighted by Crippen LogP contribution is 2.21. The van der Waals surface area contributed by atoms with Crippen LogP contribution in [0.1, 0.15) is 45.7 Å². The highest BCUT2D eigenvalue weighted by atomic mass is 16.6. The standard InChI is InChI=1S/C17H25NO5/c1-6-22-15(19)11-14(18-16(20)23-17(2,3)4)12-7-9-13(21-5)10-8-12/h7-10,14H,6,11H2,1-5H3,(H,18,20)/t14-/m1/s1. The first-order valence-electron chi connectivity index (χ1n) is 7.54. The summed E-state index contributed by atoms with van der Waals surface area (Å²) < 4.78 is 15.3. The van der Waals surface area contributed by atoms with E-state index < -0.39 is 17.7 Å². The Balaban J connectivity index is 2.87. The van der Waals surface area contributed by atoms with Crippen LogP contribution in [0.4, 0.5) is 4.79 Å². The molecule has 6 heteroatoms. The molecule has 1 aromatic carbocycles. The fourth-order valence-electron chi connectivity index (χ4n) is 1.92. The summed E-state index contributed by atoms with van der Waals surface area (Å²) in [6.45, 7) is 7.36. The van der Waals surface area contributed by atoms with Crippen molar-refractivity contribution in [2.24, 2.45) is 0 Å². The van der Waals surface area contributed by atoms with Gasteiger partial charge in [0, 0.05) is 0 Å². The molecule has 0 aliphatic carbocycles. The first-order valence-corrected chi connectivity index (χ1v) is 7.54. The molecule has 128 valence electrons. The summed E-state index contributed by atoms with van der Waals surface area (Å²) in [6, 6.07) is 6.59. The van der Waals surface area contributed by atoms with Crippen molar-refractivity contribution in [2.45, 2.75) is 45.8 Å². The van der Waals surface area contributed by atoms with Crippen molar-refractivity contribution in [3.63, 3.8) is 0 Å². The van der Waals surface area contributed by atoms with Gasteiger partial charge < -0.3 is 19.5 Å². The van der Waals surface area contributed by atoms with Crippen molar-refractivity contribution in [1.29, 1.82) is 0 Å². The molecule has 0 spiro atoms. The van der Waals surface area contributed by atoms with Gasteiger partial charge in [0.2, 0.25) is 0 Å². The van der Waals surface area contributed by atoms with E-state index in [0.29, 0.717) is 12.4 Å². The minimum absolute atomic E-state index is 0.0272. The number of alkyl carbamates (subject to hydrolysis) is 1. The Morgan fingerprint density at radius 2 is 1.78 bits per heavy atom. The Morgan fingerprint density at radius 3 is 2.26 bits per heavy atom. The van der Waals surface area contributed by atoms with Gasteiger partial charge in [-0.15, -0.1) is 0 Å². The monoisotopic (exact) mass is 323 g/mol. The fraction of sp³-hybridized carbons (Fsp3) is 0.529. The van der Waals surface area contributed by atoms with Crippen LogP contribution in [0.2, 0.25) is 0 Å². The summed E-state index contributed by atoms with van der Waals surface area (Å²) >= 11 is 0. The topological polar surface area (TPSA) is 73.9 Å². The average Bonchev–Trinajstić information content (AvgIpc) is 2.45. The lowest BCUT2D eigenvalue weighted by Gasteiger charge is -2.23. The van der Waals surface area contributed by atoms with Gasteiger partial charge in [-0.3, -0.25) is 4.79 Å². The van der Waals surface area contributed by atoms with Gasteiger partial charge in [0.25, 0.3) is 0 Å². The molecule has 0 radical (unpaired) electrons. The predicted molar refractivity (Wildman–Crippen MR) is 86.4 cm³/mol. The number of carbonyl (C=O) groups excluding carboxylic acids is 2. The Kier molecular flexibility index (Phi) is 6.88. The lowest BCUT2D eigenvalue weighted by molar-refractivity contribution is -0.143. The number of methoxy groups -OCH3 is 1. The second-order valence-corrected chi connectivity index (χ2v) is 5.98. The lowest BCUT2D eigenvalue weighted by Crippen LogP contribution is -2.36. The SMILES string of the molecule is CCOC(=O)C[C@@H](NC(=O)OC(C)(C)C)c1ccc(OC)cc1. The molecule has 0 unspecified atom stereocenters. The van der Waals surface area contributed by atoms with E-state index in [1.54, 1.807) is 59.1 Å². The third kappa shape index (κ3) is 7.04. The Morgan fingerprint density at radius 1 is 1.17 bits per heavy atom. The van der Waals surface area contributed by atoms with Crippen molar-refractivity contribution in [1.82, 2.24) is 5.32 Å². The molecular formula is C17H25NO5. The molecular weight excluding hydrogens is 298 g/mol. The lowest BCUT2D eigenvalue weighted by atomic mass is 10.0. The maximum absolute atomic E-state index is 12.0. The molecule has 1 amide bonds. The van der Waals surface area contributed by atoms with Gasteiger partial charge in [0.05, 0.1) is 26.2 Å². The van der Waals surface area contributed by atoms with E-state index in [2.05, 4.69) is 5.32 Å². The van der Waals surface area contributed by atoms with E-state index in [4.69, 9.17) is 14.2 Å². The third-order valence-corrected chi connectivity index (χ3v) is 2.89. The van der Waals surface area contributed by atoms with Gasteiger partial charge >= 0.3 is 12.1 Å². The van der Waals surface area contributed by atoms with E-state index in [0.717, 1.165) is 5.56 Å². The Labute approximate surface area is 137 Å². The smallest absolute Gasteiger partial charge is 0.408 e. The van der Waals surface area contributed by atoms with Crippen LogP contribution >= 0.6 is 0 Å². The van der Waals surface area contributed by atoms with Crippen LogP contribution in [-0.2, 0) is 14.3 Å². The van der Waals surface area contributed by atoms with Crippen molar-refractivity contribution < 1.29 is 23.8 Å². The number of esters is 1. The molecule has 0 fully saturated rings. The van der Waals surface area contributed by atoms with E-state index in [-0.39, 0.29) is 12.4 Å². The van der Waals surface area contributed by atoms with Crippen molar-refractivity contribution in [3.05, 3.63) is 29.8 Å². The second-order valence-electron chi connectivity index (χ2n) is 5.98. The van der Waals surface area contributed by atoms with E-state index >= 15 is 0 Å². The molecule has 1 N–H and O–H groups in total. The molecule has 0 heterocycles. The molecule has 0 aliphatic heterocycles. The minimum atomic E-state index is -0.613. The number of benzene rings is 1. The molecule has 1 atom stereocenters. The number of hydrogen-bond acceptors (Lipinski definition) is 5. The molecule has 0 aromatic heterocycles. The first-order chi connectivity index (χ1) is 10.7. The number of rotatable bonds is 6. The van der Waals surface area contributed by atoms with Gasteiger partial charge in [-0.25, -0.2) is 4.79 Å². The zero-order valence-corrected chi connectivity index (χ0v) is 14.3. The molecule has 0 aliphatic rings.